The minimum atomic E-state index is 0.680. The number of nitrogens with two attached hydrogens (primary N) is 1. The molecule has 0 amide bonds. The van der Waals surface area contributed by atoms with E-state index < -0.39 is 0 Å². The van der Waals surface area contributed by atoms with E-state index in [0.29, 0.717) is 6.54 Å². The smallest absolute Gasteiger partial charge is 0.133 e. The van der Waals surface area contributed by atoms with Crippen LogP contribution in [0.2, 0.25) is 0 Å². The molecule has 0 aromatic heterocycles. The summed E-state index contributed by atoms with van der Waals surface area (Å²) in [5, 5.41) is 0. The van der Waals surface area contributed by atoms with Crippen LogP contribution < -0.4 is 10.5 Å². The number of rotatable bonds is 3. The molecule has 1 aromatic rings. The van der Waals surface area contributed by atoms with Gasteiger partial charge in [0.25, 0.3) is 0 Å². The number of hydrogen-bond acceptors (Lipinski definition) is 2. The number of hydrogen-bond donors (Lipinski definition) is 1. The molecule has 0 aliphatic rings. The van der Waals surface area contributed by atoms with Gasteiger partial charge in [-0.15, -0.1) is 0 Å². The third kappa shape index (κ3) is 2.23. The van der Waals surface area contributed by atoms with Gasteiger partial charge in [0.05, 0.1) is 11.6 Å². The van der Waals surface area contributed by atoms with Gasteiger partial charge in [-0.2, -0.15) is 0 Å². The number of methoxy groups -OCH3 is 1. The third-order valence-corrected chi connectivity index (χ3v) is 3.08. The molecule has 72 valence electrons. The van der Waals surface area contributed by atoms with Crippen molar-refractivity contribution in [1.82, 2.24) is 0 Å². The van der Waals surface area contributed by atoms with E-state index in [2.05, 4.69) is 28.9 Å². The van der Waals surface area contributed by atoms with Crippen LogP contribution in [0.5, 0.6) is 5.75 Å². The molecule has 0 radical (unpaired) electrons. The molecule has 1 aromatic carbocycles. The predicted molar refractivity (Wildman–Crippen MR) is 58.2 cm³/mol. The number of ether oxygens (including phenoxy) is 1. The Labute approximate surface area is 87.2 Å². The van der Waals surface area contributed by atoms with Crippen LogP contribution in [0, 0.1) is 6.92 Å². The average molecular weight is 244 g/mol. The lowest BCUT2D eigenvalue weighted by atomic mass is 10.1. The molecule has 13 heavy (non-hydrogen) atoms. The standard InChI is InChI=1S/C10H14BrNO/c1-7-8(5-6-12)3-4-9(13-2)10(7)11/h3-4H,5-6,12H2,1-2H3. The molecule has 0 aliphatic heterocycles. The monoisotopic (exact) mass is 243 g/mol. The fourth-order valence-corrected chi connectivity index (χ4v) is 1.83. The Bertz CT molecular complexity index is 299. The lowest BCUT2D eigenvalue weighted by Gasteiger charge is -2.10. The van der Waals surface area contributed by atoms with E-state index in [9.17, 15) is 0 Å². The highest BCUT2D eigenvalue weighted by molar-refractivity contribution is 9.10. The molecule has 0 heterocycles. The Morgan fingerprint density at radius 3 is 2.69 bits per heavy atom. The van der Waals surface area contributed by atoms with Gasteiger partial charge in [0.2, 0.25) is 0 Å². The topological polar surface area (TPSA) is 35.2 Å². The van der Waals surface area contributed by atoms with E-state index in [0.717, 1.165) is 16.6 Å². The fraction of sp³-hybridized carbons (Fsp3) is 0.400. The van der Waals surface area contributed by atoms with Crippen LogP contribution in [-0.4, -0.2) is 13.7 Å². The van der Waals surface area contributed by atoms with Crippen molar-refractivity contribution in [3.05, 3.63) is 27.7 Å². The number of benzene rings is 1. The van der Waals surface area contributed by atoms with Crippen LogP contribution in [0.1, 0.15) is 11.1 Å². The van der Waals surface area contributed by atoms with Gasteiger partial charge in [-0.25, -0.2) is 0 Å². The lowest BCUT2D eigenvalue weighted by Crippen LogP contribution is -2.04. The maximum absolute atomic E-state index is 5.50. The average Bonchev–Trinajstić information content (AvgIpc) is 2.14. The molecule has 3 heteroatoms. The summed E-state index contributed by atoms with van der Waals surface area (Å²) in [5.41, 5.74) is 7.99. The summed E-state index contributed by atoms with van der Waals surface area (Å²) < 4.78 is 6.21. The molecule has 0 unspecified atom stereocenters. The van der Waals surface area contributed by atoms with Crippen molar-refractivity contribution in [2.75, 3.05) is 13.7 Å². The highest BCUT2D eigenvalue weighted by atomic mass is 79.9. The first-order valence-corrected chi connectivity index (χ1v) is 5.02. The summed E-state index contributed by atoms with van der Waals surface area (Å²) in [5.74, 6) is 0.873. The molecule has 0 aliphatic carbocycles. The van der Waals surface area contributed by atoms with Crippen molar-refractivity contribution >= 4 is 15.9 Å². The molecule has 1 rings (SSSR count). The summed E-state index contributed by atoms with van der Waals surface area (Å²) in [7, 11) is 1.67. The van der Waals surface area contributed by atoms with Gasteiger partial charge in [0.15, 0.2) is 0 Å². The summed E-state index contributed by atoms with van der Waals surface area (Å²) >= 11 is 3.50. The Balaban J connectivity index is 3.07. The fourth-order valence-electron chi connectivity index (χ4n) is 1.28. The van der Waals surface area contributed by atoms with Crippen LogP contribution in [0.25, 0.3) is 0 Å². The summed E-state index contributed by atoms with van der Waals surface area (Å²) in [6.07, 6.45) is 0.911. The normalized spacial score (nSPS) is 10.2. The van der Waals surface area contributed by atoms with Crippen molar-refractivity contribution in [2.45, 2.75) is 13.3 Å². The van der Waals surface area contributed by atoms with Crippen molar-refractivity contribution in [2.24, 2.45) is 5.73 Å². The van der Waals surface area contributed by atoms with Crippen molar-refractivity contribution < 1.29 is 4.74 Å². The van der Waals surface area contributed by atoms with E-state index in [1.54, 1.807) is 7.11 Å². The molecule has 0 saturated heterocycles. The highest BCUT2D eigenvalue weighted by Gasteiger charge is 2.06. The summed E-state index contributed by atoms with van der Waals surface area (Å²) in [6.45, 7) is 2.75. The molecule has 0 saturated carbocycles. The first-order chi connectivity index (χ1) is 6.20. The van der Waals surface area contributed by atoms with Crippen LogP contribution in [0.4, 0.5) is 0 Å². The number of halogens is 1. The van der Waals surface area contributed by atoms with Gasteiger partial charge in [0, 0.05) is 0 Å². The maximum Gasteiger partial charge on any atom is 0.133 e. The minimum Gasteiger partial charge on any atom is -0.496 e. The Hall–Kier alpha value is -0.540. The zero-order valence-corrected chi connectivity index (χ0v) is 9.52. The lowest BCUT2D eigenvalue weighted by molar-refractivity contribution is 0.411. The van der Waals surface area contributed by atoms with Crippen molar-refractivity contribution in [3.8, 4) is 5.75 Å². The summed E-state index contributed by atoms with van der Waals surface area (Å²) in [4.78, 5) is 0. The molecule has 0 spiro atoms. The van der Waals surface area contributed by atoms with Gasteiger partial charge in [0.1, 0.15) is 5.75 Å². The second kappa shape index (κ2) is 4.63. The maximum atomic E-state index is 5.50. The van der Waals surface area contributed by atoms with Gasteiger partial charge < -0.3 is 10.5 Å². The van der Waals surface area contributed by atoms with Gasteiger partial charge >= 0.3 is 0 Å². The van der Waals surface area contributed by atoms with E-state index in [-0.39, 0.29) is 0 Å². The quantitative estimate of drug-likeness (QED) is 0.885. The largest absolute Gasteiger partial charge is 0.496 e. The van der Waals surface area contributed by atoms with Gasteiger partial charge in [-0.05, 0) is 53.0 Å². The van der Waals surface area contributed by atoms with Gasteiger partial charge in [-0.1, -0.05) is 6.07 Å². The van der Waals surface area contributed by atoms with Crippen LogP contribution in [0.3, 0.4) is 0 Å². The minimum absolute atomic E-state index is 0.680. The van der Waals surface area contributed by atoms with Crippen LogP contribution >= 0.6 is 15.9 Å². The Morgan fingerprint density at radius 1 is 1.46 bits per heavy atom. The molecule has 0 bridgehead atoms. The molecule has 0 atom stereocenters. The first kappa shape index (κ1) is 10.5. The van der Waals surface area contributed by atoms with Crippen LogP contribution in [-0.2, 0) is 6.42 Å². The van der Waals surface area contributed by atoms with E-state index in [1.165, 1.54) is 11.1 Å². The second-order valence-corrected chi connectivity index (χ2v) is 3.70. The second-order valence-electron chi connectivity index (χ2n) is 2.90. The highest BCUT2D eigenvalue weighted by Crippen LogP contribution is 2.30. The van der Waals surface area contributed by atoms with Crippen molar-refractivity contribution in [3.63, 3.8) is 0 Å². The van der Waals surface area contributed by atoms with Gasteiger partial charge in [-0.3, -0.25) is 0 Å². The van der Waals surface area contributed by atoms with E-state index >= 15 is 0 Å². The predicted octanol–water partition coefficient (Wildman–Crippen LogP) is 2.27. The zero-order chi connectivity index (χ0) is 9.84. The summed E-state index contributed by atoms with van der Waals surface area (Å²) in [6, 6.07) is 4.02. The molecule has 0 fully saturated rings. The van der Waals surface area contributed by atoms with Crippen LogP contribution in [0.15, 0.2) is 16.6 Å². The first-order valence-electron chi connectivity index (χ1n) is 4.22. The molecule has 2 nitrogen and oxygen atoms in total. The Kier molecular flexibility index (Phi) is 3.75. The van der Waals surface area contributed by atoms with Crippen molar-refractivity contribution in [1.29, 1.82) is 0 Å². The van der Waals surface area contributed by atoms with E-state index in [4.69, 9.17) is 10.5 Å². The third-order valence-electron chi connectivity index (χ3n) is 2.10. The molecular formula is C10H14BrNO. The SMILES string of the molecule is COc1ccc(CCN)c(C)c1Br. The Morgan fingerprint density at radius 2 is 2.15 bits per heavy atom. The molecule has 2 N–H and O–H groups in total. The van der Waals surface area contributed by atoms with E-state index in [1.807, 2.05) is 6.07 Å². The zero-order valence-electron chi connectivity index (χ0n) is 7.93. The molecular weight excluding hydrogens is 230 g/mol.